The van der Waals surface area contributed by atoms with Gasteiger partial charge in [-0.15, -0.1) is 12.4 Å². The molecule has 1 aromatic heterocycles. The number of carbonyl (C=O) groups excluding carboxylic acids is 2. The Morgan fingerprint density at radius 2 is 1.89 bits per heavy atom. The molecular formula is C28H34ClFN4O2. The number of aryl methyl sites for hydroxylation is 1. The van der Waals surface area contributed by atoms with Crippen LogP contribution in [0.25, 0.3) is 10.9 Å². The third-order valence-corrected chi connectivity index (χ3v) is 7.84. The van der Waals surface area contributed by atoms with Gasteiger partial charge in [-0.2, -0.15) is 0 Å². The van der Waals surface area contributed by atoms with E-state index in [-0.39, 0.29) is 41.9 Å². The average Bonchev–Trinajstić information content (AvgIpc) is 3.39. The molecular weight excluding hydrogens is 479 g/mol. The smallest absolute Gasteiger partial charge is 0.245 e. The SMILES string of the molecule is CC(C)(N)C(=O)N[C@H](Cc1c[nH]c2ccc(F)cc12)C(=O)N1CCC2(CCc3ccccc32)CC1.Cl. The zero-order chi connectivity index (χ0) is 24.8. The van der Waals surface area contributed by atoms with Crippen LogP contribution in [0.3, 0.4) is 0 Å². The maximum absolute atomic E-state index is 13.9. The Morgan fingerprint density at radius 1 is 1.17 bits per heavy atom. The van der Waals surface area contributed by atoms with Crippen LogP contribution in [0.5, 0.6) is 0 Å². The van der Waals surface area contributed by atoms with Crippen LogP contribution in [0.1, 0.15) is 49.8 Å². The lowest BCUT2D eigenvalue weighted by molar-refractivity contribution is -0.138. The summed E-state index contributed by atoms with van der Waals surface area (Å²) in [5.41, 5.74) is 9.47. The topological polar surface area (TPSA) is 91.2 Å². The van der Waals surface area contributed by atoms with Gasteiger partial charge in [-0.1, -0.05) is 24.3 Å². The second-order valence-electron chi connectivity index (χ2n) is 10.7. The van der Waals surface area contributed by atoms with E-state index in [0.29, 0.717) is 18.5 Å². The van der Waals surface area contributed by atoms with Crippen molar-refractivity contribution < 1.29 is 14.0 Å². The van der Waals surface area contributed by atoms with Crippen molar-refractivity contribution in [2.75, 3.05) is 13.1 Å². The third kappa shape index (κ3) is 4.87. The van der Waals surface area contributed by atoms with Crippen LogP contribution in [-0.2, 0) is 27.8 Å². The fourth-order valence-corrected chi connectivity index (χ4v) is 5.74. The molecule has 0 radical (unpaired) electrons. The standard InChI is InChI=1S/C28H33FN4O2.ClH/c1-27(2,30)26(35)32-24(15-19-17-31-23-8-7-20(29)16-21(19)23)25(34)33-13-11-28(12-14-33)10-9-18-5-3-4-6-22(18)28;/h3-8,16-17,24,31H,9-15,30H2,1-2H3,(H,32,35);1H/t24-;/m1./s1. The molecule has 36 heavy (non-hydrogen) atoms. The third-order valence-electron chi connectivity index (χ3n) is 7.84. The zero-order valence-corrected chi connectivity index (χ0v) is 21.6. The van der Waals surface area contributed by atoms with Gasteiger partial charge < -0.3 is 20.9 Å². The first kappa shape index (κ1) is 26.2. The van der Waals surface area contributed by atoms with E-state index in [9.17, 15) is 14.0 Å². The first-order valence-electron chi connectivity index (χ1n) is 12.4. The summed E-state index contributed by atoms with van der Waals surface area (Å²) in [6, 6.07) is 12.4. The van der Waals surface area contributed by atoms with Crippen molar-refractivity contribution in [3.8, 4) is 0 Å². The highest BCUT2D eigenvalue weighted by atomic mass is 35.5. The molecule has 2 aliphatic rings. The molecule has 0 saturated carbocycles. The number of benzene rings is 2. The normalized spacial score (nSPS) is 17.5. The number of nitrogens with two attached hydrogens (primary N) is 1. The van der Waals surface area contributed by atoms with Gasteiger partial charge in [-0.05, 0) is 79.8 Å². The Kier molecular flexibility index (Phi) is 7.17. The number of halogens is 2. The number of H-pyrrole nitrogens is 1. The van der Waals surface area contributed by atoms with Crippen LogP contribution < -0.4 is 11.1 Å². The summed E-state index contributed by atoms with van der Waals surface area (Å²) in [6.45, 7) is 4.53. The predicted octanol–water partition coefficient (Wildman–Crippen LogP) is 4.00. The van der Waals surface area contributed by atoms with Gasteiger partial charge in [0.15, 0.2) is 0 Å². The molecule has 1 spiro atoms. The van der Waals surface area contributed by atoms with Crippen LogP contribution in [0.4, 0.5) is 4.39 Å². The van der Waals surface area contributed by atoms with E-state index >= 15 is 0 Å². The quantitative estimate of drug-likeness (QED) is 0.482. The summed E-state index contributed by atoms with van der Waals surface area (Å²) in [5.74, 6) is -0.846. The molecule has 0 bridgehead atoms. The number of likely N-dealkylation sites (tertiary alicyclic amines) is 1. The lowest BCUT2D eigenvalue weighted by atomic mass is 9.73. The number of aromatic nitrogens is 1. The summed E-state index contributed by atoms with van der Waals surface area (Å²) >= 11 is 0. The molecule has 3 aromatic rings. The van der Waals surface area contributed by atoms with Crippen LogP contribution >= 0.6 is 12.4 Å². The van der Waals surface area contributed by atoms with Gasteiger partial charge in [0.05, 0.1) is 5.54 Å². The fraction of sp³-hybridized carbons (Fsp3) is 0.429. The van der Waals surface area contributed by atoms with E-state index in [0.717, 1.165) is 36.8 Å². The zero-order valence-electron chi connectivity index (χ0n) is 20.8. The van der Waals surface area contributed by atoms with Crippen LogP contribution in [0.2, 0.25) is 0 Å². The van der Waals surface area contributed by atoms with Crippen molar-refractivity contribution in [2.24, 2.45) is 5.73 Å². The predicted molar refractivity (Wildman–Crippen MR) is 142 cm³/mol. The summed E-state index contributed by atoms with van der Waals surface area (Å²) < 4.78 is 13.9. The summed E-state index contributed by atoms with van der Waals surface area (Å²) in [5, 5.41) is 3.60. The maximum Gasteiger partial charge on any atom is 0.245 e. The molecule has 8 heteroatoms. The fourth-order valence-electron chi connectivity index (χ4n) is 5.74. The van der Waals surface area contributed by atoms with Crippen molar-refractivity contribution >= 4 is 35.1 Å². The minimum Gasteiger partial charge on any atom is -0.361 e. The highest BCUT2D eigenvalue weighted by Crippen LogP contribution is 2.46. The highest BCUT2D eigenvalue weighted by molar-refractivity contribution is 5.92. The number of nitrogens with one attached hydrogen (secondary N) is 2. The molecule has 1 atom stereocenters. The minimum atomic E-state index is -1.12. The lowest BCUT2D eigenvalue weighted by Gasteiger charge is -2.41. The van der Waals surface area contributed by atoms with Gasteiger partial charge in [0, 0.05) is 36.6 Å². The van der Waals surface area contributed by atoms with E-state index in [4.69, 9.17) is 5.73 Å². The molecule has 2 amide bonds. The van der Waals surface area contributed by atoms with Crippen molar-refractivity contribution in [3.05, 3.63) is 71.2 Å². The number of hydrogen-bond acceptors (Lipinski definition) is 3. The van der Waals surface area contributed by atoms with E-state index in [1.165, 1.54) is 23.3 Å². The minimum absolute atomic E-state index is 0. The van der Waals surface area contributed by atoms with Crippen molar-refractivity contribution in [1.29, 1.82) is 0 Å². The second-order valence-corrected chi connectivity index (χ2v) is 10.7. The number of fused-ring (bicyclic) bond motifs is 3. The van der Waals surface area contributed by atoms with Crippen LogP contribution in [0, 0.1) is 5.82 Å². The van der Waals surface area contributed by atoms with Gasteiger partial charge >= 0.3 is 0 Å². The molecule has 5 rings (SSSR count). The molecule has 2 heterocycles. The number of rotatable bonds is 5. The van der Waals surface area contributed by atoms with Crippen molar-refractivity contribution in [2.45, 2.75) is 62.9 Å². The van der Waals surface area contributed by atoms with Crippen molar-refractivity contribution in [3.63, 3.8) is 0 Å². The Bertz CT molecular complexity index is 1270. The van der Waals surface area contributed by atoms with Gasteiger partial charge in [-0.3, -0.25) is 9.59 Å². The lowest BCUT2D eigenvalue weighted by Crippen LogP contribution is -2.58. The molecule has 0 unspecified atom stereocenters. The second kappa shape index (κ2) is 9.87. The first-order valence-corrected chi connectivity index (χ1v) is 12.4. The summed E-state index contributed by atoms with van der Waals surface area (Å²) in [7, 11) is 0. The highest BCUT2D eigenvalue weighted by Gasteiger charge is 2.42. The largest absolute Gasteiger partial charge is 0.361 e. The molecule has 1 aliphatic carbocycles. The number of hydrogen-bond donors (Lipinski definition) is 3. The average molecular weight is 513 g/mol. The Hall–Kier alpha value is -2.90. The Labute approximate surface area is 217 Å². The number of piperidine rings is 1. The molecule has 4 N–H and O–H groups in total. The molecule has 6 nitrogen and oxygen atoms in total. The first-order chi connectivity index (χ1) is 16.7. The summed E-state index contributed by atoms with van der Waals surface area (Å²) in [6.07, 6.45) is 6.08. The Morgan fingerprint density at radius 3 is 2.61 bits per heavy atom. The van der Waals surface area contributed by atoms with Crippen molar-refractivity contribution in [1.82, 2.24) is 15.2 Å². The molecule has 1 saturated heterocycles. The van der Waals surface area contributed by atoms with E-state index in [1.807, 2.05) is 4.90 Å². The van der Waals surface area contributed by atoms with E-state index in [2.05, 4.69) is 34.6 Å². The molecule has 1 aliphatic heterocycles. The summed E-state index contributed by atoms with van der Waals surface area (Å²) in [4.78, 5) is 31.5. The van der Waals surface area contributed by atoms with Gasteiger partial charge in [0.1, 0.15) is 11.9 Å². The van der Waals surface area contributed by atoms with Crippen LogP contribution in [0.15, 0.2) is 48.7 Å². The number of aromatic amines is 1. The van der Waals surface area contributed by atoms with E-state index < -0.39 is 11.6 Å². The number of amides is 2. The van der Waals surface area contributed by atoms with Gasteiger partial charge in [0.25, 0.3) is 0 Å². The molecule has 192 valence electrons. The maximum atomic E-state index is 13.9. The monoisotopic (exact) mass is 512 g/mol. The van der Waals surface area contributed by atoms with E-state index in [1.54, 1.807) is 26.1 Å². The molecule has 2 aromatic carbocycles. The number of carbonyl (C=O) groups is 2. The van der Waals surface area contributed by atoms with Gasteiger partial charge in [-0.25, -0.2) is 4.39 Å². The Balaban J connectivity index is 0.00000304. The number of nitrogens with zero attached hydrogens (tertiary/aromatic N) is 1. The molecule has 1 fully saturated rings. The van der Waals surface area contributed by atoms with Gasteiger partial charge in [0.2, 0.25) is 11.8 Å². The van der Waals surface area contributed by atoms with Crippen LogP contribution in [-0.4, -0.2) is 46.4 Å².